The fraction of sp³-hybridized carbons (Fsp3) is 0.381. The Morgan fingerprint density at radius 2 is 1.93 bits per heavy atom. The van der Waals surface area contributed by atoms with E-state index in [1.54, 1.807) is 12.1 Å². The molecule has 1 fully saturated rings. The van der Waals surface area contributed by atoms with Gasteiger partial charge in [-0.15, -0.1) is 0 Å². The average molecular weight is 372 g/mol. The quantitative estimate of drug-likeness (QED) is 0.839. The predicted molar refractivity (Wildman–Crippen MR) is 102 cm³/mol. The maximum absolute atomic E-state index is 13.1. The van der Waals surface area contributed by atoms with Crippen LogP contribution in [-0.2, 0) is 15.1 Å². The van der Waals surface area contributed by atoms with E-state index in [-0.39, 0.29) is 17.3 Å². The smallest absolute Gasteiger partial charge is 0.221 e. The monoisotopic (exact) mass is 372 g/mol. The summed E-state index contributed by atoms with van der Waals surface area (Å²) in [7, 11) is 0. The number of rotatable bonds is 6. The summed E-state index contributed by atoms with van der Waals surface area (Å²) in [5, 5.41) is 2.72. The molecule has 1 aliphatic heterocycles. The Balaban J connectivity index is 1.43. The summed E-state index contributed by atoms with van der Waals surface area (Å²) in [6.45, 7) is 6.23. The molecule has 2 aromatic carbocycles. The van der Waals surface area contributed by atoms with E-state index in [0.717, 1.165) is 36.5 Å². The number of hydrogen-bond donors (Lipinski definition) is 1. The lowest BCUT2D eigenvalue weighted by molar-refractivity contribution is -0.135. The maximum atomic E-state index is 13.1. The van der Waals surface area contributed by atoms with Crippen LogP contribution in [0.1, 0.15) is 25.8 Å². The molecule has 1 saturated heterocycles. The van der Waals surface area contributed by atoms with Crippen LogP contribution in [0.15, 0.2) is 48.5 Å². The van der Waals surface area contributed by atoms with Crippen molar-refractivity contribution in [3.63, 3.8) is 0 Å². The lowest BCUT2D eigenvalue weighted by Crippen LogP contribution is -2.44. The second-order valence-corrected chi connectivity index (χ2v) is 6.93. The first kappa shape index (κ1) is 19.3. The van der Waals surface area contributed by atoms with Crippen molar-refractivity contribution in [2.75, 3.05) is 31.7 Å². The minimum absolute atomic E-state index is 0.0959. The Bertz CT molecular complexity index is 754. The molecule has 0 spiro atoms. The lowest BCUT2D eigenvalue weighted by atomic mass is 9.91. The van der Waals surface area contributed by atoms with Gasteiger partial charge in [-0.3, -0.25) is 9.69 Å². The first-order valence-corrected chi connectivity index (χ1v) is 9.07. The number of ether oxygens (including phenoxy) is 2. The van der Waals surface area contributed by atoms with Gasteiger partial charge in [0, 0.05) is 25.7 Å². The van der Waals surface area contributed by atoms with Crippen molar-refractivity contribution < 1.29 is 18.7 Å². The summed E-state index contributed by atoms with van der Waals surface area (Å²) < 4.78 is 25.0. The van der Waals surface area contributed by atoms with Crippen LogP contribution in [0.3, 0.4) is 0 Å². The summed E-state index contributed by atoms with van der Waals surface area (Å²) >= 11 is 0. The van der Waals surface area contributed by atoms with Crippen molar-refractivity contribution >= 4 is 11.6 Å². The predicted octanol–water partition coefficient (Wildman–Crippen LogP) is 3.76. The Hall–Kier alpha value is -2.44. The summed E-state index contributed by atoms with van der Waals surface area (Å²) in [6, 6.07) is 13.8. The molecule has 0 saturated carbocycles. The Morgan fingerprint density at radius 3 is 2.52 bits per heavy atom. The third-order valence-corrected chi connectivity index (χ3v) is 4.78. The number of amides is 1. The molecule has 1 heterocycles. The van der Waals surface area contributed by atoms with Crippen LogP contribution in [0.25, 0.3) is 0 Å². The number of anilines is 1. The summed E-state index contributed by atoms with van der Waals surface area (Å²) in [5.74, 6) is 0.432. The van der Waals surface area contributed by atoms with Crippen LogP contribution in [-0.4, -0.2) is 37.2 Å². The van der Waals surface area contributed by atoms with Crippen LogP contribution in [0.4, 0.5) is 10.1 Å². The first-order valence-electron chi connectivity index (χ1n) is 9.07. The fourth-order valence-electron chi connectivity index (χ4n) is 3.08. The summed E-state index contributed by atoms with van der Waals surface area (Å²) in [4.78, 5) is 13.2. The van der Waals surface area contributed by atoms with Gasteiger partial charge in [-0.1, -0.05) is 12.1 Å². The fourth-order valence-corrected chi connectivity index (χ4v) is 3.08. The van der Waals surface area contributed by atoms with Gasteiger partial charge in [0.15, 0.2) is 0 Å². The van der Waals surface area contributed by atoms with Gasteiger partial charge in [-0.25, -0.2) is 4.39 Å². The third kappa shape index (κ3) is 5.28. The number of carbonyl (C=O) groups is 1. The van der Waals surface area contributed by atoms with Crippen LogP contribution >= 0.6 is 0 Å². The summed E-state index contributed by atoms with van der Waals surface area (Å²) in [5.41, 5.74) is 1.36. The Labute approximate surface area is 159 Å². The molecule has 2 aromatic rings. The van der Waals surface area contributed by atoms with Gasteiger partial charge >= 0.3 is 0 Å². The van der Waals surface area contributed by atoms with Crippen molar-refractivity contribution in [3.05, 3.63) is 59.9 Å². The van der Waals surface area contributed by atoms with E-state index in [1.807, 2.05) is 31.2 Å². The van der Waals surface area contributed by atoms with Crippen molar-refractivity contribution in [1.82, 2.24) is 4.90 Å². The van der Waals surface area contributed by atoms with Gasteiger partial charge in [0.05, 0.1) is 5.60 Å². The molecule has 1 aliphatic rings. The third-order valence-electron chi connectivity index (χ3n) is 4.78. The van der Waals surface area contributed by atoms with E-state index in [9.17, 15) is 9.18 Å². The molecule has 144 valence electrons. The molecular formula is C21H25FN2O3. The van der Waals surface area contributed by atoms with Crippen LogP contribution in [0.2, 0.25) is 0 Å². The normalized spacial score (nSPS) is 20.3. The van der Waals surface area contributed by atoms with E-state index in [2.05, 4.69) is 10.2 Å². The highest BCUT2D eigenvalue weighted by Gasteiger charge is 2.32. The van der Waals surface area contributed by atoms with Crippen LogP contribution < -0.4 is 10.1 Å². The van der Waals surface area contributed by atoms with Gasteiger partial charge in [0.1, 0.15) is 24.9 Å². The van der Waals surface area contributed by atoms with E-state index in [4.69, 9.17) is 9.47 Å². The van der Waals surface area contributed by atoms with Crippen molar-refractivity contribution in [3.8, 4) is 5.75 Å². The molecule has 6 heteroatoms. The molecule has 27 heavy (non-hydrogen) atoms. The molecular weight excluding hydrogens is 347 g/mol. The van der Waals surface area contributed by atoms with Gasteiger partial charge in [0.25, 0.3) is 0 Å². The number of nitrogens with one attached hydrogen (secondary N) is 1. The average Bonchev–Trinajstić information content (AvgIpc) is 2.65. The molecule has 0 radical (unpaired) electrons. The van der Waals surface area contributed by atoms with Gasteiger partial charge in [-0.2, -0.15) is 0 Å². The highest BCUT2D eigenvalue weighted by atomic mass is 19.1. The van der Waals surface area contributed by atoms with Crippen molar-refractivity contribution in [1.29, 1.82) is 0 Å². The van der Waals surface area contributed by atoms with E-state index >= 15 is 0 Å². The SMILES string of the molecule is CC(=O)Nc1ccc(OCCN2CCC(C)(c3ccc(F)cc3)OC2)cc1. The maximum Gasteiger partial charge on any atom is 0.221 e. The molecule has 5 nitrogen and oxygen atoms in total. The Morgan fingerprint density at radius 1 is 1.22 bits per heavy atom. The van der Waals surface area contributed by atoms with Gasteiger partial charge < -0.3 is 14.8 Å². The molecule has 1 amide bonds. The van der Waals surface area contributed by atoms with E-state index < -0.39 is 0 Å². The molecule has 0 aromatic heterocycles. The highest BCUT2D eigenvalue weighted by molar-refractivity contribution is 5.88. The molecule has 1 unspecified atom stereocenters. The number of nitrogens with zero attached hydrogens (tertiary/aromatic N) is 1. The van der Waals surface area contributed by atoms with Gasteiger partial charge in [0.2, 0.25) is 5.91 Å². The molecule has 0 aliphatic carbocycles. The minimum atomic E-state index is -0.384. The summed E-state index contributed by atoms with van der Waals surface area (Å²) in [6.07, 6.45) is 0.837. The van der Waals surface area contributed by atoms with E-state index in [0.29, 0.717) is 13.3 Å². The molecule has 3 rings (SSSR count). The topological polar surface area (TPSA) is 50.8 Å². The molecule has 1 N–H and O–H groups in total. The van der Waals surface area contributed by atoms with Crippen LogP contribution in [0, 0.1) is 5.82 Å². The second-order valence-electron chi connectivity index (χ2n) is 6.93. The van der Waals surface area contributed by atoms with Gasteiger partial charge in [-0.05, 0) is 55.3 Å². The van der Waals surface area contributed by atoms with Crippen molar-refractivity contribution in [2.45, 2.75) is 25.9 Å². The molecule has 1 atom stereocenters. The van der Waals surface area contributed by atoms with E-state index in [1.165, 1.54) is 19.1 Å². The Kier molecular flexibility index (Phi) is 6.08. The zero-order valence-corrected chi connectivity index (χ0v) is 15.7. The standard InChI is InChI=1S/C21H25FN2O3/c1-16(25)23-19-7-9-20(10-8-19)26-14-13-24-12-11-21(2,27-15-24)17-3-5-18(22)6-4-17/h3-10H,11-15H2,1-2H3,(H,23,25). The van der Waals surface area contributed by atoms with Crippen molar-refractivity contribution in [2.24, 2.45) is 0 Å². The highest BCUT2D eigenvalue weighted by Crippen LogP contribution is 2.32. The number of hydrogen-bond acceptors (Lipinski definition) is 4. The zero-order chi connectivity index (χ0) is 19.3. The lowest BCUT2D eigenvalue weighted by Gasteiger charge is -2.39. The molecule has 0 bridgehead atoms. The number of benzene rings is 2. The first-order chi connectivity index (χ1) is 12.9. The second kappa shape index (κ2) is 8.50. The van der Waals surface area contributed by atoms with Crippen LogP contribution in [0.5, 0.6) is 5.75 Å². The number of halogens is 1. The largest absolute Gasteiger partial charge is 0.492 e. The zero-order valence-electron chi connectivity index (χ0n) is 15.7. The number of carbonyl (C=O) groups excluding carboxylic acids is 1. The minimum Gasteiger partial charge on any atom is -0.492 e.